The largest absolute Gasteiger partial charge is 0.467 e. The summed E-state index contributed by atoms with van der Waals surface area (Å²) < 4.78 is 34.8. The summed E-state index contributed by atoms with van der Waals surface area (Å²) in [5, 5.41) is 13.5. The highest BCUT2D eigenvalue weighted by atomic mass is 79.9. The lowest BCUT2D eigenvalue weighted by atomic mass is 10.2. The van der Waals surface area contributed by atoms with Crippen molar-refractivity contribution in [2.75, 3.05) is 5.32 Å². The highest BCUT2D eigenvalue weighted by Crippen LogP contribution is 2.45. The third-order valence-electron chi connectivity index (χ3n) is 5.00. The van der Waals surface area contributed by atoms with Crippen LogP contribution in [0.5, 0.6) is 0 Å². The van der Waals surface area contributed by atoms with Crippen molar-refractivity contribution in [3.63, 3.8) is 0 Å². The third kappa shape index (κ3) is 4.74. The van der Waals surface area contributed by atoms with Crippen molar-refractivity contribution in [3.05, 3.63) is 51.9 Å². The zero-order valence-electron chi connectivity index (χ0n) is 17.1. The fourth-order valence-electron chi connectivity index (χ4n) is 3.31. The Kier molecular flexibility index (Phi) is 6.40. The van der Waals surface area contributed by atoms with Crippen LogP contribution in [-0.2, 0) is 24.4 Å². The molecule has 1 aliphatic carbocycles. The van der Waals surface area contributed by atoms with Gasteiger partial charge in [-0.25, -0.2) is 8.78 Å². The first-order valence-electron chi connectivity index (χ1n) is 10.1. The minimum absolute atomic E-state index is 0.0455. The Morgan fingerprint density at radius 1 is 1.34 bits per heavy atom. The maximum Gasteiger partial charge on any atom is 0.283 e. The first-order valence-corrected chi connectivity index (χ1v) is 10.9. The molecule has 12 heteroatoms. The summed E-state index contributed by atoms with van der Waals surface area (Å²) in [6.45, 7) is 2.24. The van der Waals surface area contributed by atoms with E-state index < -0.39 is 18.2 Å². The van der Waals surface area contributed by atoms with Crippen LogP contribution in [0.3, 0.4) is 0 Å². The van der Waals surface area contributed by atoms with Crippen LogP contribution in [0.4, 0.5) is 14.5 Å². The fourth-order valence-corrected chi connectivity index (χ4v) is 4.09. The number of alkyl halides is 2. The van der Waals surface area contributed by atoms with E-state index in [2.05, 4.69) is 36.8 Å². The number of carbonyl (C=O) groups is 2. The van der Waals surface area contributed by atoms with Crippen molar-refractivity contribution < 1.29 is 22.8 Å². The van der Waals surface area contributed by atoms with E-state index in [4.69, 9.17) is 4.42 Å². The lowest BCUT2D eigenvalue weighted by Gasteiger charge is -2.08. The average Bonchev–Trinajstić information content (AvgIpc) is 3.16. The Hall–Kier alpha value is -3.02. The van der Waals surface area contributed by atoms with Gasteiger partial charge in [-0.05, 0) is 47.8 Å². The molecule has 3 heterocycles. The zero-order chi connectivity index (χ0) is 22.8. The molecule has 9 nitrogen and oxygen atoms in total. The molecule has 1 aliphatic rings. The number of aromatic nitrogens is 4. The molecule has 0 atom stereocenters. The van der Waals surface area contributed by atoms with Gasteiger partial charge in [-0.3, -0.25) is 19.0 Å². The zero-order valence-corrected chi connectivity index (χ0v) is 18.7. The van der Waals surface area contributed by atoms with Crippen LogP contribution >= 0.6 is 15.9 Å². The number of rotatable bonds is 9. The number of furan rings is 1. The number of anilines is 1. The van der Waals surface area contributed by atoms with E-state index in [1.807, 2.05) is 6.92 Å². The Labute approximate surface area is 190 Å². The van der Waals surface area contributed by atoms with Crippen LogP contribution in [0.15, 0.2) is 33.5 Å². The second-order valence-corrected chi connectivity index (χ2v) is 8.17. The van der Waals surface area contributed by atoms with Gasteiger partial charge in [-0.1, -0.05) is 0 Å². The number of nitrogens with one attached hydrogen (secondary N) is 2. The molecule has 32 heavy (non-hydrogen) atoms. The molecule has 170 valence electrons. The molecule has 0 unspecified atom stereocenters. The topological polar surface area (TPSA) is 107 Å². The number of nitrogens with zero attached hydrogens (tertiary/aromatic N) is 4. The molecule has 1 fully saturated rings. The van der Waals surface area contributed by atoms with Crippen LogP contribution < -0.4 is 10.6 Å². The van der Waals surface area contributed by atoms with Gasteiger partial charge < -0.3 is 15.1 Å². The highest BCUT2D eigenvalue weighted by molar-refractivity contribution is 9.10. The monoisotopic (exact) mass is 510 g/mol. The molecule has 3 aromatic rings. The fraction of sp³-hybridized carbons (Fsp3) is 0.400. The summed E-state index contributed by atoms with van der Waals surface area (Å²) >= 11 is 3.21. The molecule has 0 spiro atoms. The number of hydrogen-bond donors (Lipinski definition) is 2. The Morgan fingerprint density at radius 3 is 2.75 bits per heavy atom. The third-order valence-corrected chi connectivity index (χ3v) is 5.81. The van der Waals surface area contributed by atoms with Gasteiger partial charge in [0.1, 0.15) is 18.0 Å². The second kappa shape index (κ2) is 9.23. The second-order valence-electron chi connectivity index (χ2n) is 7.37. The Balaban J connectivity index is 1.49. The lowest BCUT2D eigenvalue weighted by molar-refractivity contribution is -0.117. The van der Waals surface area contributed by atoms with Crippen molar-refractivity contribution in [2.24, 2.45) is 0 Å². The molecule has 4 rings (SSSR count). The summed E-state index contributed by atoms with van der Waals surface area (Å²) in [5.41, 5.74) is 0.485. The van der Waals surface area contributed by atoms with E-state index in [9.17, 15) is 18.4 Å². The van der Waals surface area contributed by atoms with Crippen LogP contribution in [0, 0.1) is 0 Å². The van der Waals surface area contributed by atoms with Gasteiger partial charge in [-0.15, -0.1) is 0 Å². The van der Waals surface area contributed by atoms with Gasteiger partial charge in [0, 0.05) is 18.7 Å². The van der Waals surface area contributed by atoms with E-state index >= 15 is 0 Å². The van der Waals surface area contributed by atoms with Crippen LogP contribution in [0.1, 0.15) is 59.7 Å². The first kappa shape index (κ1) is 22.2. The van der Waals surface area contributed by atoms with E-state index in [1.165, 1.54) is 15.6 Å². The van der Waals surface area contributed by atoms with Gasteiger partial charge in [0.15, 0.2) is 5.69 Å². The number of carbonyl (C=O) groups excluding carboxylic acids is 2. The normalized spacial score (nSPS) is 13.5. The van der Waals surface area contributed by atoms with Crippen molar-refractivity contribution in [3.8, 4) is 0 Å². The molecular formula is C20H21BrF2N6O3. The van der Waals surface area contributed by atoms with E-state index in [0.717, 1.165) is 12.8 Å². The molecule has 2 N–H and O–H groups in total. The molecule has 2 amide bonds. The maximum atomic E-state index is 13.3. The SMILES string of the molecule is CCn1cc(NC(=O)Cn2nc(C(F)F)c(Br)c2C2CC2)c(C(=O)NCc2ccco2)n1. The molecule has 3 aromatic heterocycles. The maximum absolute atomic E-state index is 13.3. The predicted octanol–water partition coefficient (Wildman–Crippen LogP) is 3.84. The van der Waals surface area contributed by atoms with Crippen LogP contribution in [-0.4, -0.2) is 31.4 Å². The molecular weight excluding hydrogens is 490 g/mol. The van der Waals surface area contributed by atoms with Gasteiger partial charge in [0.2, 0.25) is 5.91 Å². The Bertz CT molecular complexity index is 1120. The van der Waals surface area contributed by atoms with Gasteiger partial charge in [-0.2, -0.15) is 10.2 Å². The van der Waals surface area contributed by atoms with E-state index in [1.54, 1.807) is 18.3 Å². The molecule has 0 radical (unpaired) electrons. The van der Waals surface area contributed by atoms with Gasteiger partial charge >= 0.3 is 0 Å². The predicted molar refractivity (Wildman–Crippen MR) is 113 cm³/mol. The summed E-state index contributed by atoms with van der Waals surface area (Å²) in [4.78, 5) is 25.3. The van der Waals surface area contributed by atoms with Crippen molar-refractivity contribution in [1.29, 1.82) is 0 Å². The molecule has 0 saturated heterocycles. The van der Waals surface area contributed by atoms with Crippen LogP contribution in [0.25, 0.3) is 0 Å². The standard InChI is InChI=1S/C20H21BrF2N6O3/c1-2-28-9-13(16(26-28)20(31)24-8-12-4-3-7-32-12)25-14(30)10-29-18(11-5-6-11)15(21)17(27-29)19(22)23/h3-4,7,9,11,19H,2,5-6,8,10H2,1H3,(H,24,31)(H,25,30). The van der Waals surface area contributed by atoms with Crippen LogP contribution in [0.2, 0.25) is 0 Å². The number of hydrogen-bond acceptors (Lipinski definition) is 5. The lowest BCUT2D eigenvalue weighted by Crippen LogP contribution is -2.26. The van der Waals surface area contributed by atoms with E-state index in [0.29, 0.717) is 18.0 Å². The molecule has 0 aliphatic heterocycles. The minimum atomic E-state index is -2.75. The van der Waals surface area contributed by atoms with Gasteiger partial charge in [0.05, 0.1) is 28.7 Å². The Morgan fingerprint density at radius 2 is 2.12 bits per heavy atom. The van der Waals surface area contributed by atoms with E-state index in [-0.39, 0.29) is 40.6 Å². The quantitative estimate of drug-likeness (QED) is 0.454. The van der Waals surface area contributed by atoms with Crippen molar-refractivity contribution in [2.45, 2.75) is 51.7 Å². The summed E-state index contributed by atoms with van der Waals surface area (Å²) in [7, 11) is 0. The summed E-state index contributed by atoms with van der Waals surface area (Å²) in [6, 6.07) is 3.43. The number of halogens is 3. The minimum Gasteiger partial charge on any atom is -0.467 e. The summed E-state index contributed by atoms with van der Waals surface area (Å²) in [5.74, 6) is -0.309. The number of aryl methyl sites for hydroxylation is 1. The summed E-state index contributed by atoms with van der Waals surface area (Å²) in [6.07, 6.45) is 2.02. The molecule has 0 aromatic carbocycles. The highest BCUT2D eigenvalue weighted by Gasteiger charge is 2.34. The van der Waals surface area contributed by atoms with Crippen molar-refractivity contribution in [1.82, 2.24) is 24.9 Å². The van der Waals surface area contributed by atoms with Gasteiger partial charge in [0.25, 0.3) is 12.3 Å². The smallest absolute Gasteiger partial charge is 0.283 e. The average molecular weight is 511 g/mol. The molecule has 0 bridgehead atoms. The number of amides is 2. The first-order chi connectivity index (χ1) is 15.4. The van der Waals surface area contributed by atoms with Crippen molar-refractivity contribution >= 4 is 33.4 Å². The molecule has 1 saturated carbocycles.